The van der Waals surface area contributed by atoms with E-state index in [4.69, 9.17) is 15.9 Å². The van der Waals surface area contributed by atoms with Crippen LogP contribution in [0.25, 0.3) is 0 Å². The van der Waals surface area contributed by atoms with Gasteiger partial charge < -0.3 is 26.6 Å². The standard InChI is InChI=1S/C11H13N3O5/c12-11(19)13-7-3-1-6(2-4-7)9(16)14-8(5-15)10(17)18/h1-4,8,15H,5H2,(H,14,16)(H,17,18)(H3,12,13,19). The Balaban J connectivity index is 2.72. The number of carboxylic acids is 1. The van der Waals surface area contributed by atoms with Crippen LogP contribution in [0.3, 0.4) is 0 Å². The fourth-order valence-corrected chi connectivity index (χ4v) is 1.27. The van der Waals surface area contributed by atoms with Gasteiger partial charge in [0.2, 0.25) is 0 Å². The summed E-state index contributed by atoms with van der Waals surface area (Å²) in [5.41, 5.74) is 5.51. The van der Waals surface area contributed by atoms with Crippen molar-refractivity contribution in [2.75, 3.05) is 11.9 Å². The maximum atomic E-state index is 11.7. The van der Waals surface area contributed by atoms with Gasteiger partial charge >= 0.3 is 12.0 Å². The van der Waals surface area contributed by atoms with Crippen LogP contribution in [0.4, 0.5) is 10.5 Å². The molecule has 0 radical (unpaired) electrons. The van der Waals surface area contributed by atoms with Crippen LogP contribution in [-0.2, 0) is 4.79 Å². The molecule has 0 aromatic heterocycles. The number of carbonyl (C=O) groups excluding carboxylic acids is 2. The van der Waals surface area contributed by atoms with Gasteiger partial charge in [0.05, 0.1) is 6.61 Å². The lowest BCUT2D eigenvalue weighted by atomic mass is 10.2. The van der Waals surface area contributed by atoms with Crippen molar-refractivity contribution in [3.63, 3.8) is 0 Å². The summed E-state index contributed by atoms with van der Waals surface area (Å²) in [5, 5.41) is 21.9. The summed E-state index contributed by atoms with van der Waals surface area (Å²) >= 11 is 0. The average Bonchev–Trinajstić information content (AvgIpc) is 2.35. The summed E-state index contributed by atoms with van der Waals surface area (Å²) in [7, 11) is 0. The van der Waals surface area contributed by atoms with Crippen LogP contribution in [0.5, 0.6) is 0 Å². The zero-order valence-corrected chi connectivity index (χ0v) is 9.79. The number of nitrogens with two attached hydrogens (primary N) is 1. The minimum absolute atomic E-state index is 0.190. The Morgan fingerprint density at radius 2 is 1.79 bits per heavy atom. The van der Waals surface area contributed by atoms with Crippen molar-refractivity contribution in [3.05, 3.63) is 29.8 Å². The number of nitrogens with one attached hydrogen (secondary N) is 2. The number of anilines is 1. The molecule has 0 aliphatic rings. The summed E-state index contributed by atoms with van der Waals surface area (Å²) in [5.74, 6) is -1.98. The number of aliphatic hydroxyl groups is 1. The number of hydrogen-bond donors (Lipinski definition) is 5. The monoisotopic (exact) mass is 267 g/mol. The first-order chi connectivity index (χ1) is 8.93. The lowest BCUT2D eigenvalue weighted by Gasteiger charge is -2.11. The van der Waals surface area contributed by atoms with Gasteiger partial charge in [-0.25, -0.2) is 9.59 Å². The summed E-state index contributed by atoms with van der Waals surface area (Å²) in [6.07, 6.45) is 0. The second-order valence-electron chi connectivity index (χ2n) is 3.61. The van der Waals surface area contributed by atoms with Gasteiger partial charge in [-0.05, 0) is 24.3 Å². The van der Waals surface area contributed by atoms with Crippen LogP contribution in [0.15, 0.2) is 24.3 Å². The molecule has 0 heterocycles. The topological polar surface area (TPSA) is 142 Å². The van der Waals surface area contributed by atoms with Gasteiger partial charge in [-0.3, -0.25) is 4.79 Å². The molecule has 102 valence electrons. The number of urea groups is 1. The number of primary amides is 1. The molecular formula is C11H13N3O5. The van der Waals surface area contributed by atoms with Crippen molar-refractivity contribution >= 4 is 23.6 Å². The van der Waals surface area contributed by atoms with Crippen molar-refractivity contribution < 1.29 is 24.6 Å². The molecule has 0 fully saturated rings. The Kier molecular flexibility index (Phi) is 4.84. The highest BCUT2D eigenvalue weighted by molar-refractivity contribution is 5.97. The maximum Gasteiger partial charge on any atom is 0.328 e. The van der Waals surface area contributed by atoms with Gasteiger partial charge in [-0.2, -0.15) is 0 Å². The second kappa shape index (κ2) is 6.36. The number of amides is 3. The van der Waals surface area contributed by atoms with E-state index in [2.05, 4.69) is 10.6 Å². The molecule has 1 aromatic rings. The molecule has 3 amide bonds. The minimum Gasteiger partial charge on any atom is -0.480 e. The summed E-state index contributed by atoms with van der Waals surface area (Å²) in [4.78, 5) is 32.9. The number of benzene rings is 1. The largest absolute Gasteiger partial charge is 0.480 e. The SMILES string of the molecule is NC(=O)Nc1ccc(C(=O)NC(CO)C(=O)O)cc1. The highest BCUT2D eigenvalue weighted by Crippen LogP contribution is 2.09. The smallest absolute Gasteiger partial charge is 0.328 e. The van der Waals surface area contributed by atoms with Crippen LogP contribution < -0.4 is 16.4 Å². The molecule has 1 atom stereocenters. The number of aliphatic hydroxyl groups excluding tert-OH is 1. The molecule has 0 saturated carbocycles. The highest BCUT2D eigenvalue weighted by Gasteiger charge is 2.19. The lowest BCUT2D eigenvalue weighted by Crippen LogP contribution is -2.43. The van der Waals surface area contributed by atoms with Crippen LogP contribution in [0.2, 0.25) is 0 Å². The molecule has 1 aromatic carbocycles. The van der Waals surface area contributed by atoms with Gasteiger partial charge in [0.25, 0.3) is 5.91 Å². The van der Waals surface area contributed by atoms with Crippen LogP contribution in [-0.4, -0.2) is 40.8 Å². The predicted molar refractivity (Wildman–Crippen MR) is 65.6 cm³/mol. The molecule has 19 heavy (non-hydrogen) atoms. The molecule has 1 unspecified atom stereocenters. The molecule has 0 saturated heterocycles. The van der Waals surface area contributed by atoms with Gasteiger partial charge in [0.1, 0.15) is 0 Å². The van der Waals surface area contributed by atoms with E-state index >= 15 is 0 Å². The van der Waals surface area contributed by atoms with E-state index in [0.29, 0.717) is 5.69 Å². The van der Waals surface area contributed by atoms with E-state index in [1.54, 1.807) is 0 Å². The zero-order valence-electron chi connectivity index (χ0n) is 9.79. The number of aliphatic carboxylic acids is 1. The molecule has 0 aliphatic carbocycles. The fourth-order valence-electron chi connectivity index (χ4n) is 1.27. The van der Waals surface area contributed by atoms with Crippen molar-refractivity contribution in [3.8, 4) is 0 Å². The van der Waals surface area contributed by atoms with Crippen molar-refractivity contribution in [2.24, 2.45) is 5.73 Å². The quantitative estimate of drug-likeness (QED) is 0.482. The van der Waals surface area contributed by atoms with Gasteiger partial charge in [0, 0.05) is 11.3 Å². The lowest BCUT2D eigenvalue weighted by molar-refractivity contribution is -0.140. The molecule has 0 aliphatic heterocycles. The Morgan fingerprint density at radius 3 is 2.21 bits per heavy atom. The van der Waals surface area contributed by atoms with Crippen LogP contribution >= 0.6 is 0 Å². The molecule has 8 heteroatoms. The average molecular weight is 267 g/mol. The van der Waals surface area contributed by atoms with Crippen molar-refractivity contribution in [2.45, 2.75) is 6.04 Å². The van der Waals surface area contributed by atoms with Gasteiger partial charge in [-0.1, -0.05) is 0 Å². The number of carbonyl (C=O) groups is 3. The summed E-state index contributed by atoms with van der Waals surface area (Å²) in [6.45, 7) is -0.706. The third-order valence-electron chi connectivity index (χ3n) is 2.20. The van der Waals surface area contributed by atoms with Gasteiger partial charge in [0.15, 0.2) is 6.04 Å². The van der Waals surface area contributed by atoms with E-state index in [9.17, 15) is 14.4 Å². The normalized spacial score (nSPS) is 11.4. The number of carboxylic acid groups (broad SMARTS) is 1. The first kappa shape index (κ1) is 14.5. The second-order valence-corrected chi connectivity index (χ2v) is 3.61. The van der Waals surface area contributed by atoms with E-state index in [-0.39, 0.29) is 5.56 Å². The van der Waals surface area contributed by atoms with Gasteiger partial charge in [-0.15, -0.1) is 0 Å². The fraction of sp³-hybridized carbons (Fsp3) is 0.182. The van der Waals surface area contributed by atoms with Crippen LogP contribution in [0.1, 0.15) is 10.4 Å². The van der Waals surface area contributed by atoms with Crippen molar-refractivity contribution in [1.82, 2.24) is 5.32 Å². The molecule has 0 bridgehead atoms. The van der Waals surface area contributed by atoms with E-state index < -0.39 is 30.6 Å². The molecule has 8 nitrogen and oxygen atoms in total. The molecule has 0 spiro atoms. The molecular weight excluding hydrogens is 254 g/mol. The molecule has 6 N–H and O–H groups in total. The first-order valence-electron chi connectivity index (χ1n) is 5.25. The zero-order chi connectivity index (χ0) is 14.4. The number of rotatable bonds is 5. The molecule has 1 rings (SSSR count). The Morgan fingerprint density at radius 1 is 1.21 bits per heavy atom. The third kappa shape index (κ3) is 4.28. The third-order valence-corrected chi connectivity index (χ3v) is 2.20. The van der Waals surface area contributed by atoms with E-state index in [1.807, 2.05) is 0 Å². The number of hydrogen-bond acceptors (Lipinski definition) is 4. The summed E-state index contributed by atoms with van der Waals surface area (Å²) < 4.78 is 0. The van der Waals surface area contributed by atoms with E-state index in [1.165, 1.54) is 24.3 Å². The first-order valence-corrected chi connectivity index (χ1v) is 5.25. The predicted octanol–water partition coefficient (Wildman–Crippen LogP) is -0.647. The Hall–Kier alpha value is -2.61. The van der Waals surface area contributed by atoms with Crippen molar-refractivity contribution in [1.29, 1.82) is 0 Å². The Labute approximate surface area is 108 Å². The Bertz CT molecular complexity index is 486. The highest BCUT2D eigenvalue weighted by atomic mass is 16.4. The summed E-state index contributed by atoms with van der Waals surface area (Å²) in [6, 6.07) is 3.55. The van der Waals surface area contributed by atoms with Crippen LogP contribution in [0, 0.1) is 0 Å². The van der Waals surface area contributed by atoms with E-state index in [0.717, 1.165) is 0 Å². The maximum absolute atomic E-state index is 11.7. The minimum atomic E-state index is -1.36.